The minimum Gasteiger partial charge on any atom is -0.465 e. The van der Waals surface area contributed by atoms with Gasteiger partial charge in [0.1, 0.15) is 39.9 Å². The van der Waals surface area contributed by atoms with Gasteiger partial charge in [0.2, 0.25) is 0 Å². The van der Waals surface area contributed by atoms with Crippen LogP contribution in [-0.4, -0.2) is 202 Å². The third-order valence-corrected chi connectivity index (χ3v) is 15.3. The van der Waals surface area contributed by atoms with E-state index in [1.165, 1.54) is 39.7 Å². The Morgan fingerprint density at radius 3 is 0.833 bits per heavy atom. The second-order valence-corrected chi connectivity index (χ2v) is 33.5. The zero-order chi connectivity index (χ0) is 109. The quantitative estimate of drug-likeness (QED) is 0.0130. The number of ether oxygens (including phenoxy) is 9. The number of nitrogens with zero attached hydrogens (tertiary/aromatic N) is 7. The molecular formula is C95H131ClN8O22. The zero-order valence-corrected chi connectivity index (χ0v) is 76.1. The van der Waals surface area contributed by atoms with Crippen molar-refractivity contribution in [3.63, 3.8) is 0 Å². The summed E-state index contributed by atoms with van der Waals surface area (Å²) in [5.41, 5.74) is 9.73. The average molecular weight is 1790 g/mol. The van der Waals surface area contributed by atoms with Crippen molar-refractivity contribution in [1.29, 1.82) is 0 Å². The molecule has 0 atom stereocenters. The molecule has 0 spiro atoms. The number of aliphatic hydroxyl groups is 1. The minimum atomic E-state index is -2.64. The standard InChI is InChI=1S/C15H21NO4.C15H20O4.C14H19ClN2O3.C14H20N2O3.C14H21NO3.C14H19NO3.C9H11NO2/c1-15(2,3)20-14(18)16(4)10-11-6-8-12(9-7-11)13(17)19-5;1-15(2,3)19-13(16)10-7-11-5-8-12(9-6-11)14(17)18-4;1-14(2,3)20-13(18)17(4)9-10-5-7-11(8-6-10)12(15)16-19;1-14(2,3)19-13(17)16(4)10-12-7-5-11(6-8-12)9-15-18;2*1-14(2,3)18-13(17)15(4)9-11-5-7-12(10-16)8-6-11;1-12-9(11)8-4-2-7(6-10)3-5-8/h6-9H,10H2,1-5H3;5-6,8-9H,7,10H2,1-4H3;5-8,19H,9H2,1-4H3;5-9,18H,10H2,1-4H3;5-8,16H,9-10H2,1-4H3;5-8,10H,9H2,1-4H3;2-5H,6,10H2,1H3/b;;16-12-;15-9+;;;/i4D3;;4*4D3;. The summed E-state index contributed by atoms with van der Waals surface area (Å²) in [4.78, 5) is 120. The molecule has 0 fully saturated rings. The molecule has 0 saturated carbocycles. The molecule has 0 aromatic heterocycles. The minimum absolute atomic E-state index is 0.0862. The second-order valence-electron chi connectivity index (χ2n) is 33.1. The monoisotopic (exact) mass is 1790 g/mol. The van der Waals surface area contributed by atoms with Crippen LogP contribution in [0.1, 0.15) is 249 Å². The highest BCUT2D eigenvalue weighted by Gasteiger charge is 2.25. The van der Waals surface area contributed by atoms with Crippen LogP contribution in [0.15, 0.2) is 180 Å². The van der Waals surface area contributed by atoms with Crippen LogP contribution in [-0.2, 0) is 99.7 Å². The van der Waals surface area contributed by atoms with Gasteiger partial charge in [-0.15, -0.1) is 0 Å². The first-order valence-corrected chi connectivity index (χ1v) is 39.4. The number of methoxy groups -OCH3 is 3. The molecule has 31 heteroatoms. The van der Waals surface area contributed by atoms with Crippen LogP contribution in [0.3, 0.4) is 0 Å². The fraction of sp³-hybridized carbons (Fsp3) is 0.432. The van der Waals surface area contributed by atoms with Crippen LogP contribution in [0.4, 0.5) is 24.0 Å². The molecule has 690 valence electrons. The van der Waals surface area contributed by atoms with Gasteiger partial charge in [-0.25, -0.2) is 38.4 Å². The van der Waals surface area contributed by atoms with E-state index >= 15 is 0 Å². The topological polar surface area (TPSA) is 381 Å². The highest BCUT2D eigenvalue weighted by atomic mass is 35.5. The molecule has 5 amide bonds. The predicted octanol–water partition coefficient (Wildman–Crippen LogP) is 18.2. The molecule has 0 unspecified atom stereocenters. The third kappa shape index (κ3) is 49.8. The number of hydrogen-bond donors (Lipinski definition) is 4. The molecule has 0 radical (unpaired) electrons. The molecule has 126 heavy (non-hydrogen) atoms. The highest BCUT2D eigenvalue weighted by molar-refractivity contribution is 6.69. The van der Waals surface area contributed by atoms with Gasteiger partial charge in [-0.3, -0.25) is 9.59 Å². The molecule has 0 heterocycles. The number of aryl methyl sites for hydroxylation is 1. The number of halogens is 1. The maximum absolute atomic E-state index is 12.1. The Balaban J connectivity index is 0.000000827. The Labute approximate surface area is 768 Å². The first kappa shape index (κ1) is 87.1. The molecule has 7 aromatic carbocycles. The van der Waals surface area contributed by atoms with E-state index in [2.05, 4.69) is 24.5 Å². The number of aldehydes is 1. The van der Waals surface area contributed by atoms with Gasteiger partial charge in [0.15, 0.2) is 5.17 Å². The van der Waals surface area contributed by atoms with Gasteiger partial charge in [-0.2, -0.15) is 0 Å². The molecule has 30 nitrogen and oxygen atoms in total. The summed E-state index contributed by atoms with van der Waals surface area (Å²) >= 11 is 5.67. The average Bonchev–Trinajstić information content (AvgIpc) is 0.840. The number of aliphatic hydroxyl groups excluding tert-OH is 1. The van der Waals surface area contributed by atoms with E-state index in [-0.39, 0.29) is 62.4 Å². The van der Waals surface area contributed by atoms with E-state index in [1.54, 1.807) is 237 Å². The molecule has 5 N–H and O–H groups in total. The van der Waals surface area contributed by atoms with E-state index in [0.29, 0.717) is 111 Å². The van der Waals surface area contributed by atoms with Gasteiger partial charge in [0.05, 0.1) is 50.8 Å². The number of esters is 4. The lowest BCUT2D eigenvalue weighted by Gasteiger charge is -2.24. The maximum Gasteiger partial charge on any atom is 0.410 e. The van der Waals surface area contributed by atoms with E-state index in [1.807, 2.05) is 45.0 Å². The first-order valence-electron chi connectivity index (χ1n) is 46.5. The number of nitrogens with two attached hydrogens (primary N) is 1. The summed E-state index contributed by atoms with van der Waals surface area (Å²) in [6.45, 7) is 17.3. The molecule has 0 bridgehead atoms. The van der Waals surface area contributed by atoms with Crippen molar-refractivity contribution in [2.24, 2.45) is 16.0 Å². The molecular weight excluding hydrogens is 1640 g/mol. The van der Waals surface area contributed by atoms with Gasteiger partial charge in [0.25, 0.3) is 0 Å². The lowest BCUT2D eigenvalue weighted by atomic mass is 10.1. The van der Waals surface area contributed by atoms with Gasteiger partial charge in [-0.05, 0) is 218 Å². The van der Waals surface area contributed by atoms with Crippen molar-refractivity contribution < 1.29 is 127 Å². The zero-order valence-electron chi connectivity index (χ0n) is 90.4. The van der Waals surface area contributed by atoms with Crippen molar-refractivity contribution >= 4 is 83.6 Å². The number of rotatable bonds is 21. The summed E-state index contributed by atoms with van der Waals surface area (Å²) in [6, 6.07) is 46.2. The van der Waals surface area contributed by atoms with E-state index in [9.17, 15) is 47.9 Å². The summed E-state index contributed by atoms with van der Waals surface area (Å²) in [6.07, 6.45) is -1.65. The number of benzene rings is 7. The first-order chi connectivity index (χ1) is 64.5. The Bertz CT molecular complexity index is 5170. The summed E-state index contributed by atoms with van der Waals surface area (Å²) < 4.78 is 157. The summed E-state index contributed by atoms with van der Waals surface area (Å²) in [7, 11) is 3.98. The van der Waals surface area contributed by atoms with Crippen LogP contribution in [0, 0.1) is 0 Å². The van der Waals surface area contributed by atoms with Crippen molar-refractivity contribution in [1.82, 2.24) is 24.5 Å². The fourth-order valence-electron chi connectivity index (χ4n) is 9.18. The third-order valence-electron chi connectivity index (χ3n) is 15.0. The van der Waals surface area contributed by atoms with E-state index in [4.69, 9.17) is 81.8 Å². The highest BCUT2D eigenvalue weighted by Crippen LogP contribution is 2.21. The molecule has 0 aliphatic heterocycles. The SMILES string of the molecule is COC(=O)c1ccc(CCC(=O)OC(C)(C)C)cc1.COC(=O)c1ccc(CN)cc1.[2H]C([2H])([2H])N(Cc1ccc(/C(Cl)=N/O)cc1)C(=O)OC(C)(C)C.[2H]C([2H])([2H])N(Cc1ccc(/C=N/O)cc1)C(=O)OC(C)(C)C.[2H]C([2H])([2H])N(Cc1ccc(C(=O)OC)cc1)C(=O)OC(C)(C)C.[2H]C([2H])([2H])N(Cc1ccc(C=O)cc1)C(=O)OC(C)(C)C.[2H]C([2H])([2H])N(Cc1ccc(CO)cc1)C(=O)OC(C)(C)C. The van der Waals surface area contributed by atoms with Crippen LogP contribution in [0.2, 0.25) is 0 Å². The van der Waals surface area contributed by atoms with Crippen LogP contribution in [0.25, 0.3) is 0 Å². The van der Waals surface area contributed by atoms with Crippen molar-refractivity contribution in [2.45, 2.75) is 217 Å². The summed E-state index contributed by atoms with van der Waals surface area (Å²) in [5.74, 6) is -1.39. The number of carbonyl (C=O) groups is 10. The molecule has 7 rings (SSSR count). The van der Waals surface area contributed by atoms with Crippen molar-refractivity contribution in [3.8, 4) is 0 Å². The Hall–Kier alpha value is -12.4. The number of hydrogen-bond acceptors (Lipinski definition) is 25. The second kappa shape index (κ2) is 54.4. The maximum atomic E-state index is 12.1. The Kier molecular flexibility index (Phi) is 37.6. The van der Waals surface area contributed by atoms with Gasteiger partial charge in [0, 0.05) is 112 Å². The molecule has 7 aromatic rings. The van der Waals surface area contributed by atoms with E-state index in [0.717, 1.165) is 16.7 Å². The number of carbonyl (C=O) groups excluding carboxylic acids is 10. The number of oxime groups is 2. The number of amides is 5. The van der Waals surface area contributed by atoms with Crippen LogP contribution in [0.5, 0.6) is 0 Å². The molecule has 0 aliphatic carbocycles. The Morgan fingerprint density at radius 2 is 0.603 bits per heavy atom. The van der Waals surface area contributed by atoms with Crippen molar-refractivity contribution in [2.75, 3.05) is 56.2 Å². The summed E-state index contributed by atoms with van der Waals surface area (Å²) in [5, 5.41) is 31.7. The van der Waals surface area contributed by atoms with Crippen LogP contribution < -0.4 is 5.73 Å². The lowest BCUT2D eigenvalue weighted by Crippen LogP contribution is -2.33. The Morgan fingerprint density at radius 1 is 0.365 bits per heavy atom. The van der Waals surface area contributed by atoms with Crippen molar-refractivity contribution in [3.05, 3.63) is 248 Å². The molecule has 0 aliphatic rings. The van der Waals surface area contributed by atoms with Crippen LogP contribution >= 0.6 is 11.6 Å². The predicted molar refractivity (Wildman–Crippen MR) is 485 cm³/mol. The lowest BCUT2D eigenvalue weighted by molar-refractivity contribution is -0.154. The van der Waals surface area contributed by atoms with E-state index < -0.39 is 105 Å². The largest absolute Gasteiger partial charge is 0.465 e. The fourth-order valence-corrected chi connectivity index (χ4v) is 9.30. The normalized spacial score (nSPS) is 13.4. The van der Waals surface area contributed by atoms with Gasteiger partial charge < -0.3 is 88.4 Å². The smallest absolute Gasteiger partial charge is 0.410 e. The van der Waals surface area contributed by atoms with Gasteiger partial charge >= 0.3 is 54.3 Å². The van der Waals surface area contributed by atoms with Gasteiger partial charge in [-0.1, -0.05) is 155 Å². The molecule has 0 saturated heterocycles.